The Morgan fingerprint density at radius 3 is 2.93 bits per heavy atom. The van der Waals surface area contributed by atoms with Crippen molar-refractivity contribution >= 4 is 17.6 Å². The molecule has 7 nitrogen and oxygen atoms in total. The van der Waals surface area contributed by atoms with E-state index in [1.54, 1.807) is 21.9 Å². The summed E-state index contributed by atoms with van der Waals surface area (Å²) in [6, 6.07) is 6.24. The van der Waals surface area contributed by atoms with Gasteiger partial charge in [-0.2, -0.15) is 0 Å². The predicted octanol–water partition coefficient (Wildman–Crippen LogP) is 2.37. The average Bonchev–Trinajstić information content (AvgIpc) is 3.04. The zero-order valence-electron chi connectivity index (χ0n) is 17.2. The van der Waals surface area contributed by atoms with Crippen molar-refractivity contribution in [1.29, 1.82) is 0 Å². The maximum Gasteiger partial charge on any atom is 0.248 e. The highest BCUT2D eigenvalue weighted by atomic mass is 19.1. The second kappa shape index (κ2) is 8.47. The van der Waals surface area contributed by atoms with Crippen LogP contribution >= 0.6 is 0 Å². The number of aromatic nitrogens is 2. The van der Waals surface area contributed by atoms with Crippen LogP contribution in [-0.4, -0.2) is 53.5 Å². The topological polar surface area (TPSA) is 75.6 Å². The molecule has 0 spiro atoms. The molecule has 3 heterocycles. The SMILES string of the molecule is COCC(=O)N1CCC[C@H](c2nc(C)c3c(n2)N(Cc2cccc(F)c2)C(=O)C3)C1. The van der Waals surface area contributed by atoms with Crippen LogP contribution in [0.4, 0.5) is 10.2 Å². The molecule has 0 aliphatic carbocycles. The highest BCUT2D eigenvalue weighted by Crippen LogP contribution is 2.33. The van der Waals surface area contributed by atoms with Gasteiger partial charge in [-0.05, 0) is 37.5 Å². The molecule has 0 saturated carbocycles. The van der Waals surface area contributed by atoms with Gasteiger partial charge >= 0.3 is 0 Å². The molecule has 4 rings (SSSR count). The minimum atomic E-state index is -0.332. The van der Waals surface area contributed by atoms with Gasteiger partial charge in [0, 0.05) is 37.4 Å². The van der Waals surface area contributed by atoms with E-state index in [1.807, 2.05) is 6.92 Å². The molecular formula is C22H25FN4O3. The van der Waals surface area contributed by atoms with Gasteiger partial charge in [0.2, 0.25) is 11.8 Å². The Kier molecular flexibility index (Phi) is 5.76. The molecular weight excluding hydrogens is 387 g/mol. The molecule has 0 bridgehead atoms. The summed E-state index contributed by atoms with van der Waals surface area (Å²) in [5.74, 6) is 0.830. The smallest absolute Gasteiger partial charge is 0.248 e. The van der Waals surface area contributed by atoms with Gasteiger partial charge in [0.25, 0.3) is 0 Å². The molecule has 2 aliphatic heterocycles. The van der Waals surface area contributed by atoms with Crippen molar-refractivity contribution in [2.45, 2.75) is 38.6 Å². The maximum atomic E-state index is 13.6. The number of anilines is 1. The van der Waals surface area contributed by atoms with Crippen molar-refractivity contribution in [1.82, 2.24) is 14.9 Å². The van der Waals surface area contributed by atoms with Crippen LogP contribution < -0.4 is 4.90 Å². The number of ether oxygens (including phenoxy) is 1. The molecule has 0 N–H and O–H groups in total. The first kappa shape index (κ1) is 20.4. The summed E-state index contributed by atoms with van der Waals surface area (Å²) in [6.07, 6.45) is 2.00. The van der Waals surface area contributed by atoms with E-state index in [4.69, 9.17) is 9.72 Å². The van der Waals surface area contributed by atoms with E-state index in [0.29, 0.717) is 30.3 Å². The van der Waals surface area contributed by atoms with Gasteiger partial charge in [0.1, 0.15) is 24.1 Å². The Hall–Kier alpha value is -2.87. The fourth-order valence-electron chi connectivity index (χ4n) is 4.19. The summed E-state index contributed by atoms with van der Waals surface area (Å²) in [5.41, 5.74) is 2.32. The van der Waals surface area contributed by atoms with Crippen LogP contribution in [0.15, 0.2) is 24.3 Å². The highest BCUT2D eigenvalue weighted by molar-refractivity contribution is 6.00. The number of carbonyl (C=O) groups excluding carboxylic acids is 2. The van der Waals surface area contributed by atoms with E-state index in [2.05, 4.69) is 4.98 Å². The molecule has 158 valence electrons. The number of rotatable bonds is 5. The molecule has 0 unspecified atom stereocenters. The Morgan fingerprint density at radius 1 is 1.33 bits per heavy atom. The van der Waals surface area contributed by atoms with Crippen molar-refractivity contribution in [2.75, 3.05) is 31.7 Å². The van der Waals surface area contributed by atoms with E-state index in [-0.39, 0.29) is 43.1 Å². The number of benzene rings is 1. The van der Waals surface area contributed by atoms with E-state index in [9.17, 15) is 14.0 Å². The molecule has 0 radical (unpaired) electrons. The lowest BCUT2D eigenvalue weighted by Crippen LogP contribution is -2.41. The number of methoxy groups -OCH3 is 1. The number of piperidine rings is 1. The molecule has 8 heteroatoms. The first-order valence-electron chi connectivity index (χ1n) is 10.1. The number of amides is 2. The lowest BCUT2D eigenvalue weighted by Gasteiger charge is -2.32. The zero-order valence-corrected chi connectivity index (χ0v) is 17.2. The van der Waals surface area contributed by atoms with Crippen LogP contribution in [-0.2, 0) is 27.3 Å². The zero-order chi connectivity index (χ0) is 21.3. The van der Waals surface area contributed by atoms with Crippen LogP contribution in [0.3, 0.4) is 0 Å². The number of nitrogens with zero attached hydrogens (tertiary/aromatic N) is 4. The van der Waals surface area contributed by atoms with Crippen molar-refractivity contribution in [3.8, 4) is 0 Å². The van der Waals surface area contributed by atoms with Gasteiger partial charge in [-0.1, -0.05) is 12.1 Å². The number of likely N-dealkylation sites (tertiary alicyclic amines) is 1. The van der Waals surface area contributed by atoms with Crippen LogP contribution in [0.5, 0.6) is 0 Å². The molecule has 2 aromatic rings. The van der Waals surface area contributed by atoms with Gasteiger partial charge in [-0.15, -0.1) is 0 Å². The monoisotopic (exact) mass is 412 g/mol. The lowest BCUT2D eigenvalue weighted by molar-refractivity contribution is -0.136. The number of aryl methyl sites for hydroxylation is 1. The summed E-state index contributed by atoms with van der Waals surface area (Å²) in [7, 11) is 1.51. The quantitative estimate of drug-likeness (QED) is 0.754. The third-order valence-corrected chi connectivity index (χ3v) is 5.73. The average molecular weight is 412 g/mol. The molecule has 1 aromatic heterocycles. The van der Waals surface area contributed by atoms with Gasteiger partial charge in [0.05, 0.1) is 13.0 Å². The Balaban J connectivity index is 1.60. The highest BCUT2D eigenvalue weighted by Gasteiger charge is 2.34. The summed E-state index contributed by atoms with van der Waals surface area (Å²) in [5, 5.41) is 0. The molecule has 1 atom stereocenters. The lowest BCUT2D eigenvalue weighted by atomic mass is 9.96. The van der Waals surface area contributed by atoms with Crippen molar-refractivity contribution in [2.24, 2.45) is 0 Å². The summed E-state index contributed by atoms with van der Waals surface area (Å²) < 4.78 is 18.6. The van der Waals surface area contributed by atoms with E-state index < -0.39 is 0 Å². The molecule has 30 heavy (non-hydrogen) atoms. The minimum absolute atomic E-state index is 0.00952. The largest absolute Gasteiger partial charge is 0.375 e. The molecule has 1 aromatic carbocycles. The molecule has 2 aliphatic rings. The summed E-state index contributed by atoms with van der Waals surface area (Å²) in [4.78, 5) is 37.7. The molecule has 2 amide bonds. The van der Waals surface area contributed by atoms with Gasteiger partial charge in [-0.25, -0.2) is 14.4 Å². The number of hydrogen-bond donors (Lipinski definition) is 0. The van der Waals surface area contributed by atoms with Gasteiger partial charge in [0.15, 0.2) is 0 Å². The van der Waals surface area contributed by atoms with Gasteiger partial charge < -0.3 is 9.64 Å². The first-order valence-corrected chi connectivity index (χ1v) is 10.1. The van der Waals surface area contributed by atoms with Crippen LogP contribution in [0.25, 0.3) is 0 Å². The Labute approximate surface area is 174 Å². The molecule has 1 fully saturated rings. The molecule has 1 saturated heterocycles. The fraction of sp³-hybridized carbons (Fsp3) is 0.455. The van der Waals surface area contributed by atoms with Crippen LogP contribution in [0.1, 0.15) is 41.4 Å². The number of fused-ring (bicyclic) bond motifs is 1. The van der Waals surface area contributed by atoms with Gasteiger partial charge in [-0.3, -0.25) is 14.5 Å². The second-order valence-corrected chi connectivity index (χ2v) is 7.87. The minimum Gasteiger partial charge on any atom is -0.375 e. The van der Waals surface area contributed by atoms with E-state index in [0.717, 1.165) is 24.1 Å². The van der Waals surface area contributed by atoms with Crippen molar-refractivity contribution < 1.29 is 18.7 Å². The van der Waals surface area contributed by atoms with E-state index in [1.165, 1.54) is 19.2 Å². The van der Waals surface area contributed by atoms with E-state index >= 15 is 0 Å². The normalized spacial score (nSPS) is 18.6. The van der Waals surface area contributed by atoms with Crippen LogP contribution in [0, 0.1) is 12.7 Å². The number of carbonyl (C=O) groups is 2. The third-order valence-electron chi connectivity index (χ3n) is 5.73. The second-order valence-electron chi connectivity index (χ2n) is 7.87. The van der Waals surface area contributed by atoms with Crippen molar-refractivity contribution in [3.63, 3.8) is 0 Å². The standard InChI is InChI=1S/C22H25FN4O3/c1-14-18-10-19(28)27(11-15-5-3-7-17(23)9-15)22(18)25-21(24-14)16-6-4-8-26(12-16)20(29)13-30-2/h3,5,7,9,16H,4,6,8,10-13H2,1-2H3/t16-/m0/s1. The van der Waals surface area contributed by atoms with Crippen LogP contribution in [0.2, 0.25) is 0 Å². The van der Waals surface area contributed by atoms with Crippen molar-refractivity contribution in [3.05, 3.63) is 52.7 Å². The number of hydrogen-bond acceptors (Lipinski definition) is 5. The fourth-order valence-corrected chi connectivity index (χ4v) is 4.19. The summed E-state index contributed by atoms with van der Waals surface area (Å²) in [6.45, 7) is 3.46. The maximum absolute atomic E-state index is 13.6. The third kappa shape index (κ3) is 4.05. The first-order chi connectivity index (χ1) is 14.5. The summed E-state index contributed by atoms with van der Waals surface area (Å²) >= 11 is 0. The Bertz CT molecular complexity index is 981. The number of halogens is 1. The predicted molar refractivity (Wildman–Crippen MR) is 108 cm³/mol. The Morgan fingerprint density at radius 2 is 2.17 bits per heavy atom.